The molecule has 0 amide bonds. The molecule has 1 atom stereocenters. The molecule has 1 N–H and O–H groups in total. The Bertz CT molecular complexity index is 1570. The summed E-state index contributed by atoms with van der Waals surface area (Å²) in [6, 6.07) is 8.50. The van der Waals surface area contributed by atoms with Gasteiger partial charge in [-0.15, -0.1) is 0 Å². The second-order valence-electron chi connectivity index (χ2n) is 10.1. The molecule has 39 heavy (non-hydrogen) atoms. The molecule has 0 radical (unpaired) electrons. The number of piperazine rings is 1. The predicted molar refractivity (Wildman–Crippen MR) is 146 cm³/mol. The fourth-order valence-corrected chi connectivity index (χ4v) is 5.27. The lowest BCUT2D eigenvalue weighted by molar-refractivity contribution is 0.259. The normalized spacial score (nSPS) is 15.6. The Labute approximate surface area is 225 Å². The molecule has 200 valence electrons. The lowest BCUT2D eigenvalue weighted by Crippen LogP contribution is -2.47. The van der Waals surface area contributed by atoms with Gasteiger partial charge in [-0.3, -0.25) is 4.68 Å². The Morgan fingerprint density at radius 2 is 1.59 bits per heavy atom. The molecule has 1 aliphatic heterocycles. The van der Waals surface area contributed by atoms with E-state index in [2.05, 4.69) is 41.0 Å². The molecule has 0 aliphatic carbocycles. The Hall–Kier alpha value is -4.38. The topological polar surface area (TPSA) is 100 Å². The minimum absolute atomic E-state index is 0.000698. The zero-order valence-corrected chi connectivity index (χ0v) is 21.9. The van der Waals surface area contributed by atoms with E-state index in [0.717, 1.165) is 59.8 Å². The summed E-state index contributed by atoms with van der Waals surface area (Å²) in [5, 5.41) is 18.4. The van der Waals surface area contributed by atoms with Gasteiger partial charge in [0.25, 0.3) is 0 Å². The summed E-state index contributed by atoms with van der Waals surface area (Å²) in [6.07, 6.45) is 11.5. The average molecular weight is 528 g/mol. The van der Waals surface area contributed by atoms with Crippen molar-refractivity contribution >= 4 is 17.3 Å². The third-order valence-electron chi connectivity index (χ3n) is 7.65. The number of aliphatic hydroxyl groups is 1. The number of anilines is 2. The van der Waals surface area contributed by atoms with Crippen molar-refractivity contribution < 1.29 is 9.50 Å². The molecule has 1 aliphatic rings. The predicted octanol–water partition coefficient (Wildman–Crippen LogP) is 3.07. The zero-order chi connectivity index (χ0) is 27.0. The maximum Gasteiger partial charge on any atom is 0.225 e. The van der Waals surface area contributed by atoms with Crippen LogP contribution in [0.1, 0.15) is 24.5 Å². The highest BCUT2D eigenvalue weighted by Crippen LogP contribution is 2.35. The van der Waals surface area contributed by atoms with Crippen LogP contribution in [-0.2, 0) is 12.5 Å². The molecule has 1 aromatic carbocycles. The molecular formula is C28H30FN9O. The van der Waals surface area contributed by atoms with E-state index in [1.165, 1.54) is 12.1 Å². The van der Waals surface area contributed by atoms with Gasteiger partial charge in [0.2, 0.25) is 5.95 Å². The number of hydrogen-bond acceptors (Lipinski definition) is 8. The Kier molecular flexibility index (Phi) is 6.43. The van der Waals surface area contributed by atoms with Crippen LogP contribution in [0.5, 0.6) is 0 Å². The smallest absolute Gasteiger partial charge is 0.225 e. The molecule has 0 saturated carbocycles. The fraction of sp³-hybridized carbons (Fsp3) is 0.321. The molecule has 0 bridgehead atoms. The number of fused-ring (bicyclic) bond motifs is 1. The quantitative estimate of drug-likeness (QED) is 0.345. The van der Waals surface area contributed by atoms with E-state index in [1.54, 1.807) is 23.1 Å². The first-order chi connectivity index (χ1) is 18.9. The van der Waals surface area contributed by atoms with E-state index in [1.807, 2.05) is 49.5 Å². The van der Waals surface area contributed by atoms with Gasteiger partial charge in [0.15, 0.2) is 5.82 Å². The van der Waals surface area contributed by atoms with Gasteiger partial charge in [-0.2, -0.15) is 10.2 Å². The van der Waals surface area contributed by atoms with Gasteiger partial charge in [0.1, 0.15) is 17.7 Å². The summed E-state index contributed by atoms with van der Waals surface area (Å²) in [4.78, 5) is 18.4. The van der Waals surface area contributed by atoms with Crippen LogP contribution in [0.2, 0.25) is 0 Å². The van der Waals surface area contributed by atoms with E-state index in [0.29, 0.717) is 12.4 Å². The van der Waals surface area contributed by atoms with Crippen molar-refractivity contribution in [3.05, 3.63) is 84.6 Å². The molecule has 1 fully saturated rings. The lowest BCUT2D eigenvalue weighted by Gasteiger charge is -2.36. The van der Waals surface area contributed by atoms with Crippen molar-refractivity contribution in [2.24, 2.45) is 7.05 Å². The SMILES string of the molecule is Cn1cc(-c2cc3c(N4CCN(c5ncc(C(C)(CCO)c6ccc(F)cc6)cn5)CC4)ncnn3c2)cn1. The second kappa shape index (κ2) is 10.1. The molecule has 4 aromatic heterocycles. The maximum absolute atomic E-state index is 13.5. The Morgan fingerprint density at radius 3 is 2.26 bits per heavy atom. The van der Waals surface area contributed by atoms with Crippen LogP contribution in [-0.4, -0.2) is 72.2 Å². The lowest BCUT2D eigenvalue weighted by atomic mass is 9.75. The van der Waals surface area contributed by atoms with Gasteiger partial charge in [-0.1, -0.05) is 19.1 Å². The van der Waals surface area contributed by atoms with Crippen LogP contribution in [0.4, 0.5) is 16.2 Å². The summed E-state index contributed by atoms with van der Waals surface area (Å²) >= 11 is 0. The molecule has 0 spiro atoms. The summed E-state index contributed by atoms with van der Waals surface area (Å²) in [7, 11) is 1.90. The molecule has 1 unspecified atom stereocenters. The van der Waals surface area contributed by atoms with Crippen molar-refractivity contribution in [2.75, 3.05) is 42.6 Å². The third-order valence-corrected chi connectivity index (χ3v) is 7.65. The minimum Gasteiger partial charge on any atom is -0.396 e. The van der Waals surface area contributed by atoms with Crippen LogP contribution < -0.4 is 9.80 Å². The highest BCUT2D eigenvalue weighted by Gasteiger charge is 2.30. The molecular weight excluding hydrogens is 497 g/mol. The van der Waals surface area contributed by atoms with Crippen LogP contribution in [0.3, 0.4) is 0 Å². The molecule has 5 heterocycles. The van der Waals surface area contributed by atoms with Crippen LogP contribution in [0.15, 0.2) is 67.6 Å². The minimum atomic E-state index is -0.524. The summed E-state index contributed by atoms with van der Waals surface area (Å²) < 4.78 is 17.2. The van der Waals surface area contributed by atoms with Crippen molar-refractivity contribution in [3.63, 3.8) is 0 Å². The van der Waals surface area contributed by atoms with Crippen molar-refractivity contribution in [1.82, 2.24) is 34.3 Å². The molecule has 5 aromatic rings. The van der Waals surface area contributed by atoms with Gasteiger partial charge in [-0.05, 0) is 35.7 Å². The van der Waals surface area contributed by atoms with Crippen LogP contribution >= 0.6 is 0 Å². The van der Waals surface area contributed by atoms with Gasteiger partial charge in [-0.25, -0.2) is 23.9 Å². The highest BCUT2D eigenvalue weighted by molar-refractivity contribution is 5.77. The summed E-state index contributed by atoms with van der Waals surface area (Å²) in [5.74, 6) is 1.28. The first-order valence-electron chi connectivity index (χ1n) is 13.0. The zero-order valence-electron chi connectivity index (χ0n) is 21.9. The Morgan fingerprint density at radius 1 is 0.872 bits per heavy atom. The number of aromatic nitrogens is 7. The van der Waals surface area contributed by atoms with Crippen LogP contribution in [0.25, 0.3) is 16.6 Å². The second-order valence-corrected chi connectivity index (χ2v) is 10.1. The first kappa shape index (κ1) is 24.9. The number of rotatable bonds is 7. The number of halogens is 1. The van der Waals surface area contributed by atoms with Crippen molar-refractivity contribution in [2.45, 2.75) is 18.8 Å². The largest absolute Gasteiger partial charge is 0.396 e. The van der Waals surface area contributed by atoms with Gasteiger partial charge in [0.05, 0.1) is 6.20 Å². The number of benzene rings is 1. The van der Waals surface area contributed by atoms with E-state index in [9.17, 15) is 9.50 Å². The van der Waals surface area contributed by atoms with Crippen LogP contribution in [0, 0.1) is 5.82 Å². The number of hydrogen-bond donors (Lipinski definition) is 1. The standard InChI is InChI=1S/C28H30FN9O/c1-28(7-12-39,22-3-5-24(29)6-4-22)23-15-30-27(31-16-23)37-10-8-36(9-11-37)26-25-13-20(18-38(25)34-19-32-26)21-14-33-35(2)17-21/h3-6,13-19,39H,7-12H2,1-2H3. The Balaban J connectivity index is 1.18. The van der Waals surface area contributed by atoms with E-state index in [4.69, 9.17) is 0 Å². The summed E-state index contributed by atoms with van der Waals surface area (Å²) in [6.45, 7) is 5.05. The fourth-order valence-electron chi connectivity index (χ4n) is 5.27. The number of nitrogens with zero attached hydrogens (tertiary/aromatic N) is 9. The molecule has 11 heteroatoms. The van der Waals surface area contributed by atoms with Gasteiger partial charge in [0, 0.05) is 81.2 Å². The molecule has 10 nitrogen and oxygen atoms in total. The van der Waals surface area contributed by atoms with E-state index in [-0.39, 0.29) is 12.4 Å². The highest BCUT2D eigenvalue weighted by atomic mass is 19.1. The monoisotopic (exact) mass is 527 g/mol. The first-order valence-corrected chi connectivity index (χ1v) is 13.0. The van der Waals surface area contributed by atoms with Gasteiger partial charge < -0.3 is 14.9 Å². The van der Waals surface area contributed by atoms with Crippen molar-refractivity contribution in [1.29, 1.82) is 0 Å². The van der Waals surface area contributed by atoms with Gasteiger partial charge >= 0.3 is 0 Å². The molecule has 1 saturated heterocycles. The van der Waals surface area contributed by atoms with E-state index >= 15 is 0 Å². The number of aliphatic hydroxyl groups excluding tert-OH is 1. The van der Waals surface area contributed by atoms with Crippen molar-refractivity contribution in [3.8, 4) is 11.1 Å². The van der Waals surface area contributed by atoms with E-state index < -0.39 is 5.41 Å². The third kappa shape index (κ3) is 4.69. The average Bonchev–Trinajstić information content (AvgIpc) is 3.60. The number of aryl methyl sites for hydroxylation is 1. The molecule has 6 rings (SSSR count). The summed E-state index contributed by atoms with van der Waals surface area (Å²) in [5.41, 5.74) is 4.31. The maximum atomic E-state index is 13.5.